The zero-order valence-corrected chi connectivity index (χ0v) is 10.7. The van der Waals surface area contributed by atoms with Gasteiger partial charge in [-0.3, -0.25) is 20.2 Å². The Morgan fingerprint density at radius 2 is 1.40 bits per heavy atom. The Balaban J connectivity index is 3.64. The Hall–Kier alpha value is -0.730. The summed E-state index contributed by atoms with van der Waals surface area (Å²) in [6.07, 6.45) is 0. The van der Waals surface area contributed by atoms with Gasteiger partial charge in [-0.25, -0.2) is 0 Å². The number of nitro groups is 2. The summed E-state index contributed by atoms with van der Waals surface area (Å²) in [6, 6.07) is 1.21. The molecule has 0 aromatic heterocycles. The van der Waals surface area contributed by atoms with Gasteiger partial charge < -0.3 is 0 Å². The topological polar surface area (TPSA) is 86.3 Å². The molecule has 0 aliphatic carbocycles. The zero-order valence-electron chi connectivity index (χ0n) is 6.74. The van der Waals surface area contributed by atoms with Gasteiger partial charge in [0.2, 0.25) is 0 Å². The van der Waals surface area contributed by atoms with Crippen molar-refractivity contribution in [1.82, 2.24) is 0 Å². The summed E-state index contributed by atoms with van der Waals surface area (Å²) in [4.78, 5) is 19.6. The molecule has 6 nitrogen and oxygen atoms in total. The molecule has 15 heavy (non-hydrogen) atoms. The lowest BCUT2D eigenvalue weighted by Gasteiger charge is -2.01. The Labute approximate surface area is 105 Å². The highest BCUT2D eigenvalue weighted by atomic mass is 79.9. The molecule has 80 valence electrons. The van der Waals surface area contributed by atoms with Gasteiger partial charge in [-0.05, 0) is 37.9 Å². The van der Waals surface area contributed by atoms with Crippen LogP contribution in [0.15, 0.2) is 15.0 Å². The van der Waals surface area contributed by atoms with E-state index in [9.17, 15) is 20.2 Å². The zero-order chi connectivity index (χ0) is 11.7. The van der Waals surface area contributed by atoms with Crippen molar-refractivity contribution < 1.29 is 9.85 Å². The number of halogens is 3. The second-order valence-electron chi connectivity index (χ2n) is 2.37. The standard InChI is InChI=1S/C6HBr2ClN2O4/c7-2-1-3(8)6(11(14)15)4(9)5(2)10(12)13/h1H. The normalized spacial score (nSPS) is 10.1. The minimum atomic E-state index is -0.786. The van der Waals surface area contributed by atoms with Crippen LogP contribution in [0.4, 0.5) is 11.4 Å². The molecule has 9 heteroatoms. The third-order valence-corrected chi connectivity index (χ3v) is 3.05. The lowest BCUT2D eigenvalue weighted by molar-refractivity contribution is -0.394. The van der Waals surface area contributed by atoms with Crippen LogP contribution in [0.1, 0.15) is 0 Å². The second-order valence-corrected chi connectivity index (χ2v) is 4.45. The third-order valence-electron chi connectivity index (χ3n) is 1.49. The fourth-order valence-corrected chi connectivity index (χ4v) is 2.93. The SMILES string of the molecule is O=[N+]([O-])c1c(Br)cc(Br)c([N+](=O)[O-])c1Cl. The number of nitrogens with zero attached hydrogens (tertiary/aromatic N) is 2. The van der Waals surface area contributed by atoms with Crippen LogP contribution in [0, 0.1) is 20.2 Å². The summed E-state index contributed by atoms with van der Waals surface area (Å²) >= 11 is 11.4. The first-order chi connectivity index (χ1) is 6.86. The first-order valence-electron chi connectivity index (χ1n) is 3.32. The number of hydrogen-bond acceptors (Lipinski definition) is 4. The van der Waals surface area contributed by atoms with Crippen molar-refractivity contribution in [2.75, 3.05) is 0 Å². The first kappa shape index (κ1) is 12.3. The van der Waals surface area contributed by atoms with E-state index in [0.717, 1.165) is 0 Å². The fourth-order valence-electron chi connectivity index (χ4n) is 0.905. The monoisotopic (exact) mass is 358 g/mol. The average molecular weight is 360 g/mol. The van der Waals surface area contributed by atoms with E-state index in [-0.39, 0.29) is 8.95 Å². The predicted molar refractivity (Wildman–Crippen MR) is 60.2 cm³/mol. The molecular formula is C6HBr2ClN2O4. The van der Waals surface area contributed by atoms with Crippen LogP contribution in [-0.2, 0) is 0 Å². The molecule has 0 atom stereocenters. The summed E-state index contributed by atoms with van der Waals surface area (Å²) in [5, 5.41) is 20.7. The van der Waals surface area contributed by atoms with Gasteiger partial charge in [0.25, 0.3) is 0 Å². The van der Waals surface area contributed by atoms with Crippen LogP contribution in [0.3, 0.4) is 0 Å². The predicted octanol–water partition coefficient (Wildman–Crippen LogP) is 3.68. The smallest absolute Gasteiger partial charge is 0.258 e. The van der Waals surface area contributed by atoms with E-state index in [1.54, 1.807) is 0 Å². The largest absolute Gasteiger partial charge is 0.309 e. The molecule has 0 fully saturated rings. The van der Waals surface area contributed by atoms with E-state index >= 15 is 0 Å². The fraction of sp³-hybridized carbons (Fsp3) is 0. The van der Waals surface area contributed by atoms with E-state index in [2.05, 4.69) is 31.9 Å². The highest BCUT2D eigenvalue weighted by Gasteiger charge is 2.29. The average Bonchev–Trinajstić information content (AvgIpc) is 1.99. The van der Waals surface area contributed by atoms with E-state index in [1.807, 2.05) is 0 Å². The van der Waals surface area contributed by atoms with Crippen molar-refractivity contribution in [3.8, 4) is 0 Å². The summed E-state index contributed by atoms with van der Waals surface area (Å²) in [6.45, 7) is 0. The molecule has 0 N–H and O–H groups in total. The Morgan fingerprint density at radius 1 is 1.07 bits per heavy atom. The Kier molecular flexibility index (Phi) is 3.63. The molecule has 1 aromatic rings. The van der Waals surface area contributed by atoms with E-state index < -0.39 is 26.2 Å². The van der Waals surface area contributed by atoms with Crippen LogP contribution in [0.2, 0.25) is 5.02 Å². The van der Waals surface area contributed by atoms with Crippen molar-refractivity contribution in [2.24, 2.45) is 0 Å². The van der Waals surface area contributed by atoms with E-state index in [1.165, 1.54) is 6.07 Å². The summed E-state index contributed by atoms with van der Waals surface area (Å²) in [7, 11) is 0. The van der Waals surface area contributed by atoms with E-state index in [4.69, 9.17) is 11.6 Å². The number of nitro benzene ring substituents is 2. The van der Waals surface area contributed by atoms with Gasteiger partial charge in [-0.15, -0.1) is 0 Å². The summed E-state index contributed by atoms with van der Waals surface area (Å²) in [5.41, 5.74) is -1.04. The van der Waals surface area contributed by atoms with E-state index in [0.29, 0.717) is 0 Å². The molecular weight excluding hydrogens is 359 g/mol. The highest BCUT2D eigenvalue weighted by Crippen LogP contribution is 2.43. The van der Waals surface area contributed by atoms with Gasteiger partial charge >= 0.3 is 11.4 Å². The van der Waals surface area contributed by atoms with Crippen LogP contribution in [-0.4, -0.2) is 9.85 Å². The molecule has 1 aromatic carbocycles. The summed E-state index contributed by atoms with van der Waals surface area (Å²) < 4.78 is 0.157. The molecule has 0 aliphatic rings. The third kappa shape index (κ3) is 2.27. The maximum absolute atomic E-state index is 10.6. The molecule has 0 amide bonds. The van der Waals surface area contributed by atoms with Crippen LogP contribution in [0.5, 0.6) is 0 Å². The maximum Gasteiger partial charge on any atom is 0.309 e. The van der Waals surface area contributed by atoms with Crippen molar-refractivity contribution in [1.29, 1.82) is 0 Å². The molecule has 0 unspecified atom stereocenters. The lowest BCUT2D eigenvalue weighted by Crippen LogP contribution is -1.97. The van der Waals surface area contributed by atoms with Crippen LogP contribution >= 0.6 is 43.5 Å². The van der Waals surface area contributed by atoms with Gasteiger partial charge in [-0.2, -0.15) is 0 Å². The quantitative estimate of drug-likeness (QED) is 0.595. The molecule has 0 saturated heterocycles. The van der Waals surface area contributed by atoms with Crippen LogP contribution < -0.4 is 0 Å². The molecule has 1 rings (SSSR count). The minimum Gasteiger partial charge on any atom is -0.258 e. The summed E-state index contributed by atoms with van der Waals surface area (Å²) in [5.74, 6) is 0. The van der Waals surface area contributed by atoms with Crippen molar-refractivity contribution in [3.05, 3.63) is 40.3 Å². The number of benzene rings is 1. The van der Waals surface area contributed by atoms with Crippen molar-refractivity contribution >= 4 is 54.8 Å². The molecule has 0 radical (unpaired) electrons. The minimum absolute atomic E-state index is 0.0787. The Morgan fingerprint density at radius 3 is 1.67 bits per heavy atom. The van der Waals surface area contributed by atoms with Gasteiger partial charge in [0.15, 0.2) is 5.02 Å². The maximum atomic E-state index is 10.6. The first-order valence-corrected chi connectivity index (χ1v) is 5.29. The Bertz CT molecular complexity index is 427. The molecule has 0 heterocycles. The van der Waals surface area contributed by atoms with Crippen molar-refractivity contribution in [2.45, 2.75) is 0 Å². The number of hydrogen-bond donors (Lipinski definition) is 0. The highest BCUT2D eigenvalue weighted by molar-refractivity contribution is 9.11. The van der Waals surface area contributed by atoms with Gasteiger partial charge in [0, 0.05) is 0 Å². The molecule has 0 saturated carbocycles. The van der Waals surface area contributed by atoms with Gasteiger partial charge in [0.1, 0.15) is 0 Å². The number of rotatable bonds is 2. The molecule has 0 bridgehead atoms. The lowest BCUT2D eigenvalue weighted by atomic mass is 10.3. The van der Waals surface area contributed by atoms with Crippen molar-refractivity contribution in [3.63, 3.8) is 0 Å². The molecule has 0 aliphatic heterocycles. The van der Waals surface area contributed by atoms with Gasteiger partial charge in [0.05, 0.1) is 18.8 Å². The van der Waals surface area contributed by atoms with Gasteiger partial charge in [-0.1, -0.05) is 11.6 Å². The van der Waals surface area contributed by atoms with Crippen LogP contribution in [0.25, 0.3) is 0 Å². The second kappa shape index (κ2) is 4.42. The molecule has 0 spiro atoms.